The highest BCUT2D eigenvalue weighted by Gasteiger charge is 2.19. The van der Waals surface area contributed by atoms with Gasteiger partial charge in [0.2, 0.25) is 5.91 Å². The van der Waals surface area contributed by atoms with Gasteiger partial charge in [0.1, 0.15) is 11.5 Å². The Bertz CT molecular complexity index is 1230. The second-order valence-electron chi connectivity index (χ2n) is 7.00. The summed E-state index contributed by atoms with van der Waals surface area (Å²) in [5.74, 6) is 0.831. The lowest BCUT2D eigenvalue weighted by Gasteiger charge is -2.14. The Morgan fingerprint density at radius 3 is 2.28 bits per heavy atom. The van der Waals surface area contributed by atoms with Gasteiger partial charge in [0, 0.05) is 28.0 Å². The number of hydrogen-bond donors (Lipinski definition) is 2. The number of anilines is 2. The first-order valence-corrected chi connectivity index (χ1v) is 11.5. The molecule has 2 N–H and O–H groups in total. The predicted molar refractivity (Wildman–Crippen MR) is 125 cm³/mol. The van der Waals surface area contributed by atoms with E-state index in [0.717, 1.165) is 0 Å². The summed E-state index contributed by atoms with van der Waals surface area (Å²) in [7, 11) is -0.808. The first-order chi connectivity index (χ1) is 15.2. The molecule has 9 heteroatoms. The minimum atomic E-state index is -3.87. The molecule has 3 aromatic carbocycles. The minimum absolute atomic E-state index is 0.0478. The van der Waals surface area contributed by atoms with Crippen LogP contribution in [0.1, 0.15) is 11.1 Å². The molecule has 0 saturated heterocycles. The van der Waals surface area contributed by atoms with Crippen molar-refractivity contribution < 1.29 is 22.7 Å². The Balaban J connectivity index is 1.78. The van der Waals surface area contributed by atoms with Crippen molar-refractivity contribution >= 4 is 38.9 Å². The first kappa shape index (κ1) is 23.4. The summed E-state index contributed by atoms with van der Waals surface area (Å²) >= 11 is 5.85. The first-order valence-electron chi connectivity index (χ1n) is 9.61. The van der Waals surface area contributed by atoms with E-state index in [-0.39, 0.29) is 17.2 Å². The summed E-state index contributed by atoms with van der Waals surface area (Å²) in [4.78, 5) is 12.7. The van der Waals surface area contributed by atoms with Crippen LogP contribution in [-0.4, -0.2) is 28.5 Å². The maximum Gasteiger partial charge on any atom is 0.262 e. The number of sulfonamides is 1. The Kier molecular flexibility index (Phi) is 7.27. The topological polar surface area (TPSA) is 93.7 Å². The number of rotatable bonds is 8. The number of carbonyl (C=O) groups excluding carboxylic acids is 1. The van der Waals surface area contributed by atoms with Gasteiger partial charge in [0.15, 0.2) is 0 Å². The maximum atomic E-state index is 12.9. The van der Waals surface area contributed by atoms with Crippen LogP contribution in [0.5, 0.6) is 11.5 Å². The van der Waals surface area contributed by atoms with Crippen molar-refractivity contribution in [2.75, 3.05) is 24.3 Å². The van der Waals surface area contributed by atoms with E-state index in [0.29, 0.717) is 39.0 Å². The minimum Gasteiger partial charge on any atom is -0.497 e. The zero-order valence-electron chi connectivity index (χ0n) is 17.8. The van der Waals surface area contributed by atoms with Crippen LogP contribution in [0, 0.1) is 6.92 Å². The molecule has 0 atom stereocenters. The van der Waals surface area contributed by atoms with Gasteiger partial charge in [-0.15, -0.1) is 0 Å². The number of nitrogens with one attached hydrogen (secondary N) is 2. The number of methoxy groups -OCH3 is 2. The van der Waals surface area contributed by atoms with Gasteiger partial charge in [0.05, 0.1) is 25.5 Å². The molecule has 0 fully saturated rings. The summed E-state index contributed by atoms with van der Waals surface area (Å²) in [6.45, 7) is 1.68. The molecule has 0 saturated carbocycles. The van der Waals surface area contributed by atoms with Gasteiger partial charge in [0.25, 0.3) is 10.0 Å². The highest BCUT2D eigenvalue weighted by molar-refractivity contribution is 7.92. The van der Waals surface area contributed by atoms with Crippen LogP contribution in [0.3, 0.4) is 0 Å². The Morgan fingerprint density at radius 1 is 0.938 bits per heavy atom. The van der Waals surface area contributed by atoms with E-state index in [4.69, 9.17) is 21.1 Å². The standard InChI is InChI=1S/C23H23ClN2O5S/c1-15-4-8-19(13-22(15)32(28,29)26-18-9-6-17(24)7-10-18)25-23(27)12-16-5-11-20(30-2)14-21(16)31-3/h4-11,13-14,26H,12H2,1-3H3,(H,25,27). The molecule has 0 aliphatic carbocycles. The van der Waals surface area contributed by atoms with Crippen LogP contribution in [0.4, 0.5) is 11.4 Å². The number of hydrogen-bond acceptors (Lipinski definition) is 5. The predicted octanol–water partition coefficient (Wildman–Crippen LogP) is 4.65. The molecule has 0 bridgehead atoms. The molecular formula is C23H23ClN2O5S. The van der Waals surface area contributed by atoms with Crippen molar-refractivity contribution in [2.45, 2.75) is 18.2 Å². The SMILES string of the molecule is COc1ccc(CC(=O)Nc2ccc(C)c(S(=O)(=O)Nc3ccc(Cl)cc3)c2)c(OC)c1. The van der Waals surface area contributed by atoms with Crippen LogP contribution in [-0.2, 0) is 21.2 Å². The normalized spacial score (nSPS) is 11.0. The van der Waals surface area contributed by atoms with Crippen LogP contribution in [0.25, 0.3) is 0 Å². The largest absolute Gasteiger partial charge is 0.497 e. The average molecular weight is 475 g/mol. The molecule has 3 rings (SSSR count). The van der Waals surface area contributed by atoms with Crippen molar-refractivity contribution in [3.63, 3.8) is 0 Å². The summed E-state index contributed by atoms with van der Waals surface area (Å²) in [6, 6.07) is 16.2. The van der Waals surface area contributed by atoms with E-state index in [1.54, 1.807) is 68.6 Å². The smallest absolute Gasteiger partial charge is 0.262 e. The molecule has 0 heterocycles. The number of halogens is 1. The van der Waals surface area contributed by atoms with Crippen molar-refractivity contribution in [1.82, 2.24) is 0 Å². The number of amides is 1. The number of carbonyl (C=O) groups is 1. The third-order valence-corrected chi connectivity index (χ3v) is 6.48. The molecule has 0 aliphatic rings. The second-order valence-corrected chi connectivity index (χ2v) is 9.08. The van der Waals surface area contributed by atoms with E-state index in [1.807, 2.05) is 0 Å². The number of aryl methyl sites for hydroxylation is 1. The third-order valence-electron chi connectivity index (χ3n) is 4.70. The van der Waals surface area contributed by atoms with Crippen molar-refractivity contribution in [2.24, 2.45) is 0 Å². The van der Waals surface area contributed by atoms with E-state index >= 15 is 0 Å². The number of benzene rings is 3. The Labute approximate surface area is 192 Å². The van der Waals surface area contributed by atoms with Gasteiger partial charge in [-0.25, -0.2) is 8.42 Å². The molecular weight excluding hydrogens is 452 g/mol. The lowest BCUT2D eigenvalue weighted by atomic mass is 10.1. The van der Waals surface area contributed by atoms with Crippen molar-refractivity contribution in [3.05, 3.63) is 76.8 Å². The van der Waals surface area contributed by atoms with Crippen LogP contribution >= 0.6 is 11.6 Å². The van der Waals surface area contributed by atoms with Gasteiger partial charge in [-0.3, -0.25) is 9.52 Å². The third kappa shape index (κ3) is 5.72. The van der Waals surface area contributed by atoms with Crippen LogP contribution in [0.15, 0.2) is 65.6 Å². The highest BCUT2D eigenvalue weighted by Crippen LogP contribution is 2.26. The van der Waals surface area contributed by atoms with Crippen molar-refractivity contribution in [3.8, 4) is 11.5 Å². The molecule has 168 valence electrons. The average Bonchev–Trinajstić information content (AvgIpc) is 2.76. The quantitative estimate of drug-likeness (QED) is 0.495. The molecule has 3 aromatic rings. The zero-order chi connectivity index (χ0) is 23.3. The van der Waals surface area contributed by atoms with Crippen molar-refractivity contribution in [1.29, 1.82) is 0 Å². The van der Waals surface area contributed by atoms with E-state index in [1.165, 1.54) is 13.2 Å². The molecule has 32 heavy (non-hydrogen) atoms. The van der Waals surface area contributed by atoms with Gasteiger partial charge in [-0.2, -0.15) is 0 Å². The van der Waals surface area contributed by atoms with E-state index in [9.17, 15) is 13.2 Å². The molecule has 0 unspecified atom stereocenters. The monoisotopic (exact) mass is 474 g/mol. The fourth-order valence-corrected chi connectivity index (χ4v) is 4.53. The lowest BCUT2D eigenvalue weighted by molar-refractivity contribution is -0.115. The Hall–Kier alpha value is -3.23. The molecule has 0 aromatic heterocycles. The lowest BCUT2D eigenvalue weighted by Crippen LogP contribution is -2.17. The van der Waals surface area contributed by atoms with Gasteiger partial charge in [-0.05, 0) is 55.0 Å². The maximum absolute atomic E-state index is 12.9. The summed E-state index contributed by atoms with van der Waals surface area (Å²) in [6.07, 6.45) is 0.0478. The summed E-state index contributed by atoms with van der Waals surface area (Å²) in [5.41, 5.74) is 1.97. The zero-order valence-corrected chi connectivity index (χ0v) is 19.4. The van der Waals surface area contributed by atoms with E-state index < -0.39 is 10.0 Å². The molecule has 7 nitrogen and oxygen atoms in total. The van der Waals surface area contributed by atoms with Crippen LogP contribution in [0.2, 0.25) is 5.02 Å². The second kappa shape index (κ2) is 9.93. The fourth-order valence-electron chi connectivity index (χ4n) is 3.07. The molecule has 0 radical (unpaired) electrons. The number of ether oxygens (including phenoxy) is 2. The molecule has 0 spiro atoms. The van der Waals surface area contributed by atoms with Crippen LogP contribution < -0.4 is 19.5 Å². The highest BCUT2D eigenvalue weighted by atomic mass is 35.5. The Morgan fingerprint density at radius 2 is 1.62 bits per heavy atom. The fraction of sp³-hybridized carbons (Fsp3) is 0.174. The summed E-state index contributed by atoms with van der Waals surface area (Å²) in [5, 5.41) is 3.25. The van der Waals surface area contributed by atoms with Gasteiger partial charge >= 0.3 is 0 Å². The van der Waals surface area contributed by atoms with E-state index in [2.05, 4.69) is 10.0 Å². The van der Waals surface area contributed by atoms with Gasteiger partial charge < -0.3 is 14.8 Å². The van der Waals surface area contributed by atoms with Gasteiger partial charge in [-0.1, -0.05) is 23.7 Å². The summed E-state index contributed by atoms with van der Waals surface area (Å²) < 4.78 is 38.8. The molecule has 1 amide bonds. The molecule has 0 aliphatic heterocycles.